The molecule has 1 aromatic heterocycles. The molecule has 1 atom stereocenters. The van der Waals surface area contributed by atoms with Crippen molar-refractivity contribution >= 4 is 11.9 Å². The Bertz CT molecular complexity index is 423. The van der Waals surface area contributed by atoms with Gasteiger partial charge in [-0.1, -0.05) is 6.92 Å². The number of aliphatic carboxylic acids is 1. The van der Waals surface area contributed by atoms with Crippen molar-refractivity contribution in [1.29, 1.82) is 0 Å². The van der Waals surface area contributed by atoms with Gasteiger partial charge in [0, 0.05) is 24.4 Å². The highest BCUT2D eigenvalue weighted by Gasteiger charge is 2.16. The highest BCUT2D eigenvalue weighted by Crippen LogP contribution is 2.03. The summed E-state index contributed by atoms with van der Waals surface area (Å²) < 4.78 is 12.7. The highest BCUT2D eigenvalue weighted by molar-refractivity contribution is 5.94. The van der Waals surface area contributed by atoms with Crippen molar-refractivity contribution in [1.82, 2.24) is 10.3 Å². The predicted octanol–water partition coefficient (Wildman–Crippen LogP) is 1.06. The van der Waals surface area contributed by atoms with Crippen LogP contribution in [0.5, 0.6) is 0 Å². The van der Waals surface area contributed by atoms with Crippen molar-refractivity contribution in [3.8, 4) is 0 Å². The molecule has 0 aliphatic carbocycles. The molecule has 0 spiro atoms. The largest absolute Gasteiger partial charge is 0.481 e. The third-order valence-corrected chi connectivity index (χ3v) is 2.34. The van der Waals surface area contributed by atoms with Crippen molar-refractivity contribution in [3.05, 3.63) is 29.8 Å². The van der Waals surface area contributed by atoms with Crippen LogP contribution in [0.2, 0.25) is 0 Å². The lowest BCUT2D eigenvalue weighted by Gasteiger charge is -2.10. The van der Waals surface area contributed by atoms with Crippen molar-refractivity contribution in [2.45, 2.75) is 13.3 Å². The number of amides is 1. The Morgan fingerprint density at radius 2 is 2.29 bits per heavy atom. The zero-order valence-corrected chi connectivity index (χ0v) is 9.31. The maximum absolute atomic E-state index is 12.7. The Kier molecular flexibility index (Phi) is 4.56. The summed E-state index contributed by atoms with van der Waals surface area (Å²) in [7, 11) is 0. The van der Waals surface area contributed by atoms with Gasteiger partial charge in [0.25, 0.3) is 5.91 Å². The maximum atomic E-state index is 12.7. The molecule has 17 heavy (non-hydrogen) atoms. The van der Waals surface area contributed by atoms with E-state index in [9.17, 15) is 14.0 Å². The van der Waals surface area contributed by atoms with Gasteiger partial charge in [-0.2, -0.15) is 4.39 Å². The van der Waals surface area contributed by atoms with Crippen molar-refractivity contribution in [2.75, 3.05) is 6.54 Å². The first kappa shape index (κ1) is 13.1. The van der Waals surface area contributed by atoms with Crippen LogP contribution in [-0.4, -0.2) is 28.5 Å². The number of hydrogen-bond donors (Lipinski definition) is 2. The molecule has 1 aromatic rings. The summed E-state index contributed by atoms with van der Waals surface area (Å²) in [5.74, 6) is -2.85. The van der Waals surface area contributed by atoms with Gasteiger partial charge in [-0.05, 0) is 12.5 Å². The number of hydrogen-bond acceptors (Lipinski definition) is 3. The number of rotatable bonds is 5. The molecule has 0 aliphatic rings. The number of aromatic nitrogens is 1. The first-order valence-electron chi connectivity index (χ1n) is 5.17. The van der Waals surface area contributed by atoms with Gasteiger partial charge in [-0.15, -0.1) is 0 Å². The van der Waals surface area contributed by atoms with Gasteiger partial charge in [0.1, 0.15) is 0 Å². The van der Waals surface area contributed by atoms with E-state index in [1.807, 2.05) is 0 Å². The maximum Gasteiger partial charge on any atom is 0.308 e. The average Bonchev–Trinajstić information content (AvgIpc) is 2.29. The van der Waals surface area contributed by atoms with E-state index < -0.39 is 23.7 Å². The van der Waals surface area contributed by atoms with Crippen LogP contribution in [0.4, 0.5) is 4.39 Å². The topological polar surface area (TPSA) is 79.3 Å². The van der Waals surface area contributed by atoms with Crippen LogP contribution in [0.1, 0.15) is 23.7 Å². The molecule has 5 nitrogen and oxygen atoms in total. The van der Waals surface area contributed by atoms with Gasteiger partial charge in [-0.25, -0.2) is 4.98 Å². The van der Waals surface area contributed by atoms with Crippen molar-refractivity contribution < 1.29 is 19.1 Å². The summed E-state index contributed by atoms with van der Waals surface area (Å²) in [4.78, 5) is 25.6. The second-order valence-electron chi connectivity index (χ2n) is 3.52. The van der Waals surface area contributed by atoms with E-state index in [2.05, 4.69) is 10.3 Å². The lowest BCUT2D eigenvalue weighted by atomic mass is 10.1. The zero-order valence-electron chi connectivity index (χ0n) is 9.31. The average molecular weight is 240 g/mol. The zero-order chi connectivity index (χ0) is 12.8. The van der Waals surface area contributed by atoms with E-state index in [0.29, 0.717) is 6.42 Å². The molecule has 0 aliphatic heterocycles. The standard InChI is InChI=1S/C11H13FN2O3/c1-2-7(11(16)17)6-14-10(15)8-3-4-13-9(12)5-8/h3-5,7H,2,6H2,1H3,(H,14,15)(H,16,17). The minimum absolute atomic E-state index is 0.0224. The fourth-order valence-electron chi connectivity index (χ4n) is 1.27. The van der Waals surface area contributed by atoms with Crippen LogP contribution in [0.3, 0.4) is 0 Å². The number of carbonyl (C=O) groups excluding carboxylic acids is 1. The summed E-state index contributed by atoms with van der Waals surface area (Å²) in [6.07, 6.45) is 1.60. The van der Waals surface area contributed by atoms with Crippen LogP contribution in [-0.2, 0) is 4.79 Å². The molecule has 1 rings (SSSR count). The molecular weight excluding hydrogens is 227 g/mol. The summed E-state index contributed by atoms with van der Waals surface area (Å²) in [6.45, 7) is 1.74. The Morgan fingerprint density at radius 1 is 1.59 bits per heavy atom. The summed E-state index contributed by atoms with van der Waals surface area (Å²) in [6, 6.07) is 2.36. The summed E-state index contributed by atoms with van der Waals surface area (Å²) in [5, 5.41) is 11.2. The lowest BCUT2D eigenvalue weighted by Crippen LogP contribution is -2.32. The lowest BCUT2D eigenvalue weighted by molar-refractivity contribution is -0.141. The van der Waals surface area contributed by atoms with Crippen LogP contribution in [0.25, 0.3) is 0 Å². The van der Waals surface area contributed by atoms with Gasteiger partial charge in [-0.3, -0.25) is 9.59 Å². The van der Waals surface area contributed by atoms with Crippen LogP contribution >= 0.6 is 0 Å². The molecule has 1 unspecified atom stereocenters. The van der Waals surface area contributed by atoms with E-state index in [4.69, 9.17) is 5.11 Å². The third kappa shape index (κ3) is 3.82. The Hall–Kier alpha value is -1.98. The predicted molar refractivity (Wildman–Crippen MR) is 57.9 cm³/mol. The summed E-state index contributed by atoms with van der Waals surface area (Å²) >= 11 is 0. The molecule has 0 saturated carbocycles. The monoisotopic (exact) mass is 240 g/mol. The highest BCUT2D eigenvalue weighted by atomic mass is 19.1. The number of pyridine rings is 1. The second kappa shape index (κ2) is 5.93. The van der Waals surface area contributed by atoms with Gasteiger partial charge in [0.05, 0.1) is 5.92 Å². The molecular formula is C11H13FN2O3. The molecule has 0 fully saturated rings. The molecule has 0 aromatic carbocycles. The van der Waals surface area contributed by atoms with E-state index in [0.717, 1.165) is 6.07 Å². The van der Waals surface area contributed by atoms with Crippen LogP contribution in [0, 0.1) is 11.9 Å². The Labute approximate surface area is 97.7 Å². The van der Waals surface area contributed by atoms with Crippen molar-refractivity contribution in [2.24, 2.45) is 5.92 Å². The number of carboxylic acids is 1. The SMILES string of the molecule is CCC(CNC(=O)c1ccnc(F)c1)C(=O)O. The van der Waals surface area contributed by atoms with Crippen LogP contribution < -0.4 is 5.32 Å². The van der Waals surface area contributed by atoms with Crippen LogP contribution in [0.15, 0.2) is 18.3 Å². The third-order valence-electron chi connectivity index (χ3n) is 2.34. The van der Waals surface area contributed by atoms with Gasteiger partial charge in [0.2, 0.25) is 5.95 Å². The van der Waals surface area contributed by atoms with E-state index in [1.165, 1.54) is 12.3 Å². The molecule has 0 radical (unpaired) electrons. The molecule has 0 bridgehead atoms. The number of nitrogens with zero attached hydrogens (tertiary/aromatic N) is 1. The number of nitrogens with one attached hydrogen (secondary N) is 1. The van der Waals surface area contributed by atoms with Gasteiger partial charge < -0.3 is 10.4 Å². The number of halogens is 1. The minimum atomic E-state index is -0.964. The smallest absolute Gasteiger partial charge is 0.308 e. The Morgan fingerprint density at radius 3 is 2.82 bits per heavy atom. The summed E-state index contributed by atoms with van der Waals surface area (Å²) in [5.41, 5.74) is 0.123. The number of carboxylic acid groups (broad SMARTS) is 1. The first-order chi connectivity index (χ1) is 8.04. The molecule has 1 amide bonds. The second-order valence-corrected chi connectivity index (χ2v) is 3.52. The minimum Gasteiger partial charge on any atom is -0.481 e. The van der Waals surface area contributed by atoms with Gasteiger partial charge in [0.15, 0.2) is 0 Å². The van der Waals surface area contributed by atoms with E-state index in [1.54, 1.807) is 6.92 Å². The molecule has 6 heteroatoms. The number of carbonyl (C=O) groups is 2. The molecule has 92 valence electrons. The van der Waals surface area contributed by atoms with E-state index >= 15 is 0 Å². The normalized spacial score (nSPS) is 11.9. The quantitative estimate of drug-likeness (QED) is 0.754. The Balaban J connectivity index is 2.58. The molecule has 0 saturated heterocycles. The van der Waals surface area contributed by atoms with E-state index in [-0.39, 0.29) is 12.1 Å². The van der Waals surface area contributed by atoms with Crippen molar-refractivity contribution in [3.63, 3.8) is 0 Å². The fraction of sp³-hybridized carbons (Fsp3) is 0.364. The van der Waals surface area contributed by atoms with Gasteiger partial charge >= 0.3 is 5.97 Å². The molecule has 1 heterocycles. The fourth-order valence-corrected chi connectivity index (χ4v) is 1.27. The first-order valence-corrected chi connectivity index (χ1v) is 5.17. The molecule has 2 N–H and O–H groups in total.